The standard InChI is InChI=1S/C29H30O4/c30-26-19-28(17-20-8-3-1-4-9-20)24(18-29(26,33)23-11-5-2-6-12-23)13-7-10-21-16-22(27(31)32)14-15-25(21)28/h1-6,8-9,11-12,14-16,24,26,30,33H,7,10,13,17-19H2,(H,31,32)/t24-,26+,28+,29+/m0/s1. The average Bonchev–Trinajstić information content (AvgIpc) is 2.97. The summed E-state index contributed by atoms with van der Waals surface area (Å²) >= 11 is 0. The first-order valence-electron chi connectivity index (χ1n) is 11.8. The Morgan fingerprint density at radius 3 is 2.33 bits per heavy atom. The Morgan fingerprint density at radius 1 is 0.939 bits per heavy atom. The molecule has 2 aliphatic rings. The van der Waals surface area contributed by atoms with E-state index in [0.29, 0.717) is 18.4 Å². The number of aryl methyl sites for hydroxylation is 1. The summed E-state index contributed by atoms with van der Waals surface area (Å²) in [5.41, 5.74) is 2.78. The smallest absolute Gasteiger partial charge is 0.335 e. The molecule has 2 aliphatic carbocycles. The minimum Gasteiger partial charge on any atom is -0.478 e. The van der Waals surface area contributed by atoms with Crippen LogP contribution in [0.2, 0.25) is 0 Å². The topological polar surface area (TPSA) is 77.8 Å². The van der Waals surface area contributed by atoms with Crippen LogP contribution in [0.4, 0.5) is 0 Å². The second kappa shape index (κ2) is 8.44. The third kappa shape index (κ3) is 3.77. The lowest BCUT2D eigenvalue weighted by molar-refractivity contribution is -0.143. The van der Waals surface area contributed by atoms with Crippen molar-refractivity contribution in [3.8, 4) is 0 Å². The van der Waals surface area contributed by atoms with E-state index < -0.39 is 17.7 Å². The van der Waals surface area contributed by atoms with E-state index in [2.05, 4.69) is 12.1 Å². The number of rotatable bonds is 4. The predicted octanol–water partition coefficient (Wildman–Crippen LogP) is 4.86. The van der Waals surface area contributed by atoms with Crippen LogP contribution in [0.5, 0.6) is 0 Å². The third-order valence-corrected chi connectivity index (χ3v) is 7.97. The lowest BCUT2D eigenvalue weighted by Gasteiger charge is -2.53. The Hall–Kier alpha value is -2.95. The van der Waals surface area contributed by atoms with Gasteiger partial charge in [0.15, 0.2) is 0 Å². The number of hydrogen-bond acceptors (Lipinski definition) is 3. The zero-order chi connectivity index (χ0) is 23.1. The number of aliphatic hydroxyl groups is 2. The second-order valence-electron chi connectivity index (χ2n) is 9.80. The molecule has 0 bridgehead atoms. The summed E-state index contributed by atoms with van der Waals surface area (Å²) in [6, 6.07) is 25.3. The van der Waals surface area contributed by atoms with Gasteiger partial charge in [-0.15, -0.1) is 0 Å². The molecule has 3 aromatic rings. The second-order valence-corrected chi connectivity index (χ2v) is 9.80. The highest BCUT2D eigenvalue weighted by Gasteiger charge is 2.55. The maximum absolute atomic E-state index is 11.8. The van der Waals surface area contributed by atoms with Crippen molar-refractivity contribution in [2.45, 2.75) is 55.6 Å². The molecule has 0 saturated heterocycles. The molecule has 0 unspecified atom stereocenters. The number of benzene rings is 3. The van der Waals surface area contributed by atoms with Gasteiger partial charge in [0.1, 0.15) is 5.60 Å². The number of aliphatic hydroxyl groups excluding tert-OH is 1. The van der Waals surface area contributed by atoms with E-state index in [0.717, 1.165) is 42.4 Å². The van der Waals surface area contributed by atoms with Crippen molar-refractivity contribution >= 4 is 5.97 Å². The highest BCUT2D eigenvalue weighted by atomic mass is 16.4. The van der Waals surface area contributed by atoms with Gasteiger partial charge in [0.05, 0.1) is 11.7 Å². The minimum atomic E-state index is -1.29. The molecule has 0 heterocycles. The van der Waals surface area contributed by atoms with E-state index in [1.165, 1.54) is 5.56 Å². The van der Waals surface area contributed by atoms with E-state index in [-0.39, 0.29) is 11.3 Å². The van der Waals surface area contributed by atoms with E-state index in [1.807, 2.05) is 60.7 Å². The van der Waals surface area contributed by atoms with Gasteiger partial charge in [0, 0.05) is 5.41 Å². The van der Waals surface area contributed by atoms with E-state index in [9.17, 15) is 20.1 Å². The molecular formula is C29H30O4. The first-order chi connectivity index (χ1) is 15.9. The third-order valence-electron chi connectivity index (χ3n) is 7.97. The molecule has 1 saturated carbocycles. The Morgan fingerprint density at radius 2 is 1.64 bits per heavy atom. The molecule has 0 spiro atoms. The molecule has 0 aromatic heterocycles. The highest BCUT2D eigenvalue weighted by molar-refractivity contribution is 5.88. The van der Waals surface area contributed by atoms with Gasteiger partial charge in [0.25, 0.3) is 0 Å². The van der Waals surface area contributed by atoms with Gasteiger partial charge >= 0.3 is 5.97 Å². The number of carbonyl (C=O) groups is 1. The Kier molecular flexibility index (Phi) is 5.59. The van der Waals surface area contributed by atoms with Gasteiger partial charge in [-0.3, -0.25) is 0 Å². The summed E-state index contributed by atoms with van der Waals surface area (Å²) in [7, 11) is 0. The number of hydrogen-bond donors (Lipinski definition) is 3. The summed E-state index contributed by atoms with van der Waals surface area (Å²) < 4.78 is 0. The zero-order valence-electron chi connectivity index (χ0n) is 18.7. The normalized spacial score (nSPS) is 28.9. The number of aromatic carboxylic acids is 1. The monoisotopic (exact) mass is 442 g/mol. The number of carboxylic acids is 1. The quantitative estimate of drug-likeness (QED) is 0.539. The Balaban J connectivity index is 1.65. The van der Waals surface area contributed by atoms with Crippen LogP contribution >= 0.6 is 0 Å². The molecule has 0 radical (unpaired) electrons. The lowest BCUT2D eigenvalue weighted by Crippen LogP contribution is -2.55. The van der Waals surface area contributed by atoms with Gasteiger partial charge in [-0.05, 0) is 78.8 Å². The van der Waals surface area contributed by atoms with Crippen molar-refractivity contribution in [3.63, 3.8) is 0 Å². The molecule has 4 heteroatoms. The van der Waals surface area contributed by atoms with Crippen molar-refractivity contribution in [2.75, 3.05) is 0 Å². The fraction of sp³-hybridized carbons (Fsp3) is 0.345. The molecule has 5 rings (SSSR count). The highest BCUT2D eigenvalue weighted by Crippen LogP contribution is 2.55. The van der Waals surface area contributed by atoms with Crippen LogP contribution in [0.3, 0.4) is 0 Å². The molecule has 33 heavy (non-hydrogen) atoms. The SMILES string of the molecule is O=C(O)c1ccc2c(c1)CCC[C@H]1C[C@@](O)(c3ccccc3)[C@H](O)C[C@@]21Cc1ccccc1. The van der Waals surface area contributed by atoms with Gasteiger partial charge in [-0.1, -0.05) is 66.7 Å². The zero-order valence-corrected chi connectivity index (χ0v) is 18.7. The summed E-state index contributed by atoms with van der Waals surface area (Å²) in [5, 5.41) is 32.8. The maximum Gasteiger partial charge on any atom is 0.335 e. The van der Waals surface area contributed by atoms with Gasteiger partial charge in [-0.2, -0.15) is 0 Å². The molecule has 3 N–H and O–H groups in total. The van der Waals surface area contributed by atoms with Gasteiger partial charge in [0.2, 0.25) is 0 Å². The van der Waals surface area contributed by atoms with E-state index >= 15 is 0 Å². The molecule has 4 nitrogen and oxygen atoms in total. The maximum atomic E-state index is 11.8. The fourth-order valence-electron chi connectivity index (χ4n) is 6.36. The molecule has 3 aromatic carbocycles. The van der Waals surface area contributed by atoms with Gasteiger partial charge in [-0.25, -0.2) is 4.79 Å². The number of fused-ring (bicyclic) bond motifs is 3. The van der Waals surface area contributed by atoms with E-state index in [1.54, 1.807) is 6.07 Å². The fourth-order valence-corrected chi connectivity index (χ4v) is 6.36. The Bertz CT molecular complexity index is 1140. The van der Waals surface area contributed by atoms with Crippen molar-refractivity contribution < 1.29 is 20.1 Å². The molecule has 4 atom stereocenters. The molecule has 0 amide bonds. The molecular weight excluding hydrogens is 412 g/mol. The van der Waals surface area contributed by atoms with Gasteiger partial charge < -0.3 is 15.3 Å². The van der Waals surface area contributed by atoms with Crippen LogP contribution in [0, 0.1) is 5.92 Å². The predicted molar refractivity (Wildman–Crippen MR) is 127 cm³/mol. The van der Waals surface area contributed by atoms with Crippen LogP contribution in [0.15, 0.2) is 78.9 Å². The van der Waals surface area contributed by atoms with Crippen LogP contribution in [0.1, 0.15) is 58.3 Å². The van der Waals surface area contributed by atoms with Crippen molar-refractivity contribution in [2.24, 2.45) is 5.92 Å². The number of carboxylic acid groups (broad SMARTS) is 1. The molecule has 0 aliphatic heterocycles. The summed E-state index contributed by atoms with van der Waals surface area (Å²) in [6.07, 6.45) is 3.39. The van der Waals surface area contributed by atoms with Crippen molar-refractivity contribution in [1.82, 2.24) is 0 Å². The molecule has 170 valence electrons. The van der Waals surface area contributed by atoms with Crippen molar-refractivity contribution in [1.29, 1.82) is 0 Å². The summed E-state index contributed by atoms with van der Waals surface area (Å²) in [4.78, 5) is 11.6. The largest absolute Gasteiger partial charge is 0.478 e. The van der Waals surface area contributed by atoms with Crippen LogP contribution < -0.4 is 0 Å². The summed E-state index contributed by atoms with van der Waals surface area (Å²) in [5.74, 6) is -0.763. The minimum absolute atomic E-state index is 0.156. The lowest BCUT2D eigenvalue weighted by atomic mass is 9.54. The van der Waals surface area contributed by atoms with Crippen LogP contribution in [-0.2, 0) is 23.9 Å². The first kappa shape index (κ1) is 21.9. The van der Waals surface area contributed by atoms with Crippen LogP contribution in [0.25, 0.3) is 0 Å². The van der Waals surface area contributed by atoms with Crippen LogP contribution in [-0.4, -0.2) is 27.4 Å². The Labute approximate surface area is 194 Å². The van der Waals surface area contributed by atoms with Crippen molar-refractivity contribution in [3.05, 3.63) is 107 Å². The first-order valence-corrected chi connectivity index (χ1v) is 11.8. The summed E-state index contributed by atoms with van der Waals surface area (Å²) in [6.45, 7) is 0. The molecule has 1 fully saturated rings. The van der Waals surface area contributed by atoms with E-state index in [4.69, 9.17) is 0 Å². The average molecular weight is 443 g/mol.